The molecule has 0 bridgehead atoms. The van der Waals surface area contributed by atoms with Crippen molar-refractivity contribution in [1.82, 2.24) is 5.32 Å². The van der Waals surface area contributed by atoms with Gasteiger partial charge in [-0.1, -0.05) is 23.2 Å². The normalized spacial score (nSPS) is 23.7. The third-order valence-electron chi connectivity index (χ3n) is 3.32. The second kappa shape index (κ2) is 5.47. The molecule has 1 heterocycles. The Bertz CT molecular complexity index is 456. The van der Waals surface area contributed by atoms with E-state index in [0.29, 0.717) is 22.3 Å². The first-order chi connectivity index (χ1) is 8.51. The molecule has 2 N–H and O–H groups in total. The van der Waals surface area contributed by atoms with Crippen molar-refractivity contribution in [2.75, 3.05) is 18.4 Å². The number of rotatable bonds is 2. The predicted octanol–water partition coefficient (Wildman–Crippen LogP) is 3.32. The maximum absolute atomic E-state index is 12.3. The summed E-state index contributed by atoms with van der Waals surface area (Å²) in [6, 6.07) is 5.05. The summed E-state index contributed by atoms with van der Waals surface area (Å²) in [7, 11) is 0. The van der Waals surface area contributed by atoms with Gasteiger partial charge in [-0.05, 0) is 44.5 Å². The second-order valence-electron chi connectivity index (χ2n) is 4.92. The van der Waals surface area contributed by atoms with E-state index in [4.69, 9.17) is 23.2 Å². The van der Waals surface area contributed by atoms with Gasteiger partial charge < -0.3 is 10.6 Å². The summed E-state index contributed by atoms with van der Waals surface area (Å²) in [5.74, 6) is -0.0149. The number of piperidine rings is 1. The lowest BCUT2D eigenvalue weighted by Crippen LogP contribution is -2.46. The fourth-order valence-electron chi connectivity index (χ4n) is 2.12. The van der Waals surface area contributed by atoms with Crippen molar-refractivity contribution in [3.8, 4) is 0 Å². The summed E-state index contributed by atoms with van der Waals surface area (Å²) in [5, 5.41) is 7.17. The van der Waals surface area contributed by atoms with Gasteiger partial charge in [-0.2, -0.15) is 0 Å². The predicted molar refractivity (Wildman–Crippen MR) is 75.3 cm³/mol. The van der Waals surface area contributed by atoms with Crippen molar-refractivity contribution < 1.29 is 4.79 Å². The number of anilines is 1. The number of nitrogens with one attached hydrogen (secondary N) is 2. The van der Waals surface area contributed by atoms with E-state index in [-0.39, 0.29) is 11.3 Å². The SMILES string of the molecule is CC1(C(=O)Nc2cc(Cl)ccc2Cl)CCCNC1. The molecule has 1 aliphatic heterocycles. The molecule has 0 radical (unpaired) electrons. The fourth-order valence-corrected chi connectivity index (χ4v) is 2.45. The molecule has 1 aromatic rings. The van der Waals surface area contributed by atoms with Crippen LogP contribution in [0.5, 0.6) is 0 Å². The van der Waals surface area contributed by atoms with Crippen molar-refractivity contribution in [1.29, 1.82) is 0 Å². The number of carbonyl (C=O) groups is 1. The van der Waals surface area contributed by atoms with Gasteiger partial charge in [0.2, 0.25) is 5.91 Å². The van der Waals surface area contributed by atoms with Crippen LogP contribution in [-0.4, -0.2) is 19.0 Å². The molecule has 0 aliphatic carbocycles. The molecule has 18 heavy (non-hydrogen) atoms. The first-order valence-electron chi connectivity index (χ1n) is 5.98. The molecular weight excluding hydrogens is 271 g/mol. The Balaban J connectivity index is 2.13. The first kappa shape index (κ1) is 13.7. The maximum Gasteiger partial charge on any atom is 0.231 e. The lowest BCUT2D eigenvalue weighted by molar-refractivity contribution is -0.125. The van der Waals surface area contributed by atoms with Crippen LogP contribution in [0.2, 0.25) is 10.0 Å². The summed E-state index contributed by atoms with van der Waals surface area (Å²) in [6.07, 6.45) is 1.89. The largest absolute Gasteiger partial charge is 0.324 e. The zero-order valence-electron chi connectivity index (χ0n) is 10.2. The molecular formula is C13H16Cl2N2O. The summed E-state index contributed by atoms with van der Waals surface area (Å²) in [4.78, 5) is 12.3. The summed E-state index contributed by atoms with van der Waals surface area (Å²) >= 11 is 11.9. The Hall–Kier alpha value is -0.770. The van der Waals surface area contributed by atoms with Gasteiger partial charge in [0, 0.05) is 11.6 Å². The molecule has 0 spiro atoms. The quantitative estimate of drug-likeness (QED) is 0.876. The van der Waals surface area contributed by atoms with Gasteiger partial charge >= 0.3 is 0 Å². The minimum absolute atomic E-state index is 0.0149. The molecule has 1 amide bonds. The van der Waals surface area contributed by atoms with E-state index in [2.05, 4.69) is 10.6 Å². The van der Waals surface area contributed by atoms with Crippen molar-refractivity contribution in [3.63, 3.8) is 0 Å². The van der Waals surface area contributed by atoms with Crippen molar-refractivity contribution in [2.24, 2.45) is 5.41 Å². The van der Waals surface area contributed by atoms with E-state index in [1.165, 1.54) is 0 Å². The Labute approximate surface area is 117 Å². The van der Waals surface area contributed by atoms with Crippen LogP contribution < -0.4 is 10.6 Å². The second-order valence-corrected chi connectivity index (χ2v) is 5.76. The number of benzene rings is 1. The lowest BCUT2D eigenvalue weighted by atomic mass is 9.82. The Morgan fingerprint density at radius 1 is 1.44 bits per heavy atom. The van der Waals surface area contributed by atoms with Crippen molar-refractivity contribution in [2.45, 2.75) is 19.8 Å². The molecule has 2 rings (SSSR count). The minimum Gasteiger partial charge on any atom is -0.324 e. The van der Waals surface area contributed by atoms with Crippen LogP contribution in [0.15, 0.2) is 18.2 Å². The highest BCUT2D eigenvalue weighted by atomic mass is 35.5. The molecule has 1 fully saturated rings. The number of hydrogen-bond donors (Lipinski definition) is 2. The highest BCUT2D eigenvalue weighted by Crippen LogP contribution is 2.30. The monoisotopic (exact) mass is 286 g/mol. The smallest absolute Gasteiger partial charge is 0.231 e. The number of carbonyl (C=O) groups excluding carboxylic acids is 1. The fraction of sp³-hybridized carbons (Fsp3) is 0.462. The summed E-state index contributed by atoms with van der Waals surface area (Å²) in [6.45, 7) is 3.63. The molecule has 1 saturated heterocycles. The average Bonchev–Trinajstić information content (AvgIpc) is 2.35. The highest BCUT2D eigenvalue weighted by molar-refractivity contribution is 6.35. The lowest BCUT2D eigenvalue weighted by Gasteiger charge is -2.32. The molecule has 1 unspecified atom stereocenters. The van der Waals surface area contributed by atoms with Crippen LogP contribution in [0, 0.1) is 5.41 Å². The van der Waals surface area contributed by atoms with E-state index in [0.717, 1.165) is 19.4 Å². The van der Waals surface area contributed by atoms with Gasteiger partial charge in [0.25, 0.3) is 0 Å². The van der Waals surface area contributed by atoms with E-state index in [1.54, 1.807) is 18.2 Å². The van der Waals surface area contributed by atoms with Gasteiger partial charge in [-0.25, -0.2) is 0 Å². The molecule has 5 heteroatoms. The number of hydrogen-bond acceptors (Lipinski definition) is 2. The van der Waals surface area contributed by atoms with E-state index >= 15 is 0 Å². The van der Waals surface area contributed by atoms with Gasteiger partial charge in [0.05, 0.1) is 16.1 Å². The molecule has 0 saturated carbocycles. The summed E-state index contributed by atoms with van der Waals surface area (Å²) < 4.78 is 0. The van der Waals surface area contributed by atoms with Crippen molar-refractivity contribution in [3.05, 3.63) is 28.2 Å². The Morgan fingerprint density at radius 3 is 2.89 bits per heavy atom. The number of amides is 1. The van der Waals surface area contributed by atoms with E-state index < -0.39 is 0 Å². The van der Waals surface area contributed by atoms with Crippen LogP contribution in [0.1, 0.15) is 19.8 Å². The van der Waals surface area contributed by atoms with Crippen LogP contribution in [0.3, 0.4) is 0 Å². The molecule has 3 nitrogen and oxygen atoms in total. The first-order valence-corrected chi connectivity index (χ1v) is 6.74. The van der Waals surface area contributed by atoms with Crippen LogP contribution in [0.4, 0.5) is 5.69 Å². The van der Waals surface area contributed by atoms with Crippen molar-refractivity contribution >= 4 is 34.8 Å². The Morgan fingerprint density at radius 2 is 2.22 bits per heavy atom. The van der Waals surface area contributed by atoms with Gasteiger partial charge in [-0.3, -0.25) is 4.79 Å². The van der Waals surface area contributed by atoms with Gasteiger partial charge in [0.1, 0.15) is 0 Å². The Kier molecular flexibility index (Phi) is 4.15. The zero-order valence-corrected chi connectivity index (χ0v) is 11.7. The van der Waals surface area contributed by atoms with Gasteiger partial charge in [-0.15, -0.1) is 0 Å². The summed E-state index contributed by atoms with van der Waals surface area (Å²) in [5.41, 5.74) is 0.185. The third kappa shape index (κ3) is 2.97. The maximum atomic E-state index is 12.3. The topological polar surface area (TPSA) is 41.1 Å². The van der Waals surface area contributed by atoms with E-state index in [9.17, 15) is 4.79 Å². The average molecular weight is 287 g/mol. The highest BCUT2D eigenvalue weighted by Gasteiger charge is 2.34. The molecule has 0 aromatic heterocycles. The van der Waals surface area contributed by atoms with E-state index in [1.807, 2.05) is 6.92 Å². The van der Waals surface area contributed by atoms with Crippen LogP contribution >= 0.6 is 23.2 Å². The molecule has 1 aromatic carbocycles. The zero-order chi connectivity index (χ0) is 13.2. The van der Waals surface area contributed by atoms with Crippen LogP contribution in [-0.2, 0) is 4.79 Å². The van der Waals surface area contributed by atoms with Gasteiger partial charge in [0.15, 0.2) is 0 Å². The molecule has 98 valence electrons. The third-order valence-corrected chi connectivity index (χ3v) is 3.89. The standard InChI is InChI=1S/C13H16Cl2N2O/c1-13(5-2-6-16-8-13)12(18)17-11-7-9(14)3-4-10(11)15/h3-4,7,16H,2,5-6,8H2,1H3,(H,17,18). The van der Waals surface area contributed by atoms with Crippen LogP contribution in [0.25, 0.3) is 0 Å². The minimum atomic E-state index is -0.385. The number of halogens is 2. The molecule has 1 aliphatic rings. The molecule has 1 atom stereocenters.